The van der Waals surface area contributed by atoms with Gasteiger partial charge in [0.25, 0.3) is 0 Å². The van der Waals surface area contributed by atoms with Crippen LogP contribution in [0.25, 0.3) is 10.8 Å². The quantitative estimate of drug-likeness (QED) is 0.791. The van der Waals surface area contributed by atoms with Crippen LogP contribution < -0.4 is 10.7 Å². The van der Waals surface area contributed by atoms with Gasteiger partial charge in [-0.05, 0) is 25.2 Å². The molecule has 130 valence electrons. The van der Waals surface area contributed by atoms with Crippen LogP contribution in [0.15, 0.2) is 52.1 Å². The Kier molecular flexibility index (Phi) is 4.17. The number of oxazole rings is 1. The lowest BCUT2D eigenvalue weighted by Gasteiger charge is -2.34. The lowest BCUT2D eigenvalue weighted by atomic mass is 9.93. The first-order chi connectivity index (χ1) is 12.2. The van der Waals surface area contributed by atoms with Crippen LogP contribution in [0.3, 0.4) is 0 Å². The van der Waals surface area contributed by atoms with Crippen molar-refractivity contribution in [2.75, 3.05) is 18.0 Å². The number of rotatable bonds is 4. The summed E-state index contributed by atoms with van der Waals surface area (Å²) in [7, 11) is 0. The van der Waals surface area contributed by atoms with Crippen LogP contribution >= 0.6 is 0 Å². The number of piperidine rings is 1. The van der Waals surface area contributed by atoms with Gasteiger partial charge in [0.1, 0.15) is 0 Å². The van der Waals surface area contributed by atoms with Crippen molar-refractivity contribution in [1.29, 1.82) is 0 Å². The van der Waals surface area contributed by atoms with E-state index in [1.807, 2.05) is 18.5 Å². The highest BCUT2D eigenvalue weighted by atomic mass is 16.4. The van der Waals surface area contributed by atoms with Crippen molar-refractivity contribution in [2.45, 2.75) is 25.8 Å². The van der Waals surface area contributed by atoms with Gasteiger partial charge in [0.15, 0.2) is 6.26 Å². The molecule has 1 aromatic carbocycles. The van der Waals surface area contributed by atoms with Crippen LogP contribution in [0, 0.1) is 5.92 Å². The minimum atomic E-state index is -0.489. The number of fused-ring (bicyclic) bond motifs is 1. The fraction of sp³-hybridized carbons (Fsp3) is 0.368. The zero-order chi connectivity index (χ0) is 17.2. The van der Waals surface area contributed by atoms with Crippen LogP contribution in [-0.2, 0) is 6.54 Å². The van der Waals surface area contributed by atoms with Gasteiger partial charge in [-0.2, -0.15) is 0 Å². The average molecular weight is 339 g/mol. The number of hydrogen-bond donors (Lipinski definition) is 1. The zero-order valence-corrected chi connectivity index (χ0v) is 14.0. The van der Waals surface area contributed by atoms with E-state index in [2.05, 4.69) is 28.1 Å². The molecule has 0 aliphatic carbocycles. The van der Waals surface area contributed by atoms with Gasteiger partial charge in [-0.1, -0.05) is 24.3 Å². The van der Waals surface area contributed by atoms with Crippen LogP contribution in [0.1, 0.15) is 19.3 Å². The fourth-order valence-corrected chi connectivity index (χ4v) is 3.66. The minimum Gasteiger partial charge on any atom is -0.492 e. The summed E-state index contributed by atoms with van der Waals surface area (Å²) in [6.07, 6.45) is 7.95. The number of hydrogen-bond acceptors (Lipinski definition) is 5. The maximum atomic E-state index is 11.5. The molecule has 1 aliphatic rings. The Morgan fingerprint density at radius 1 is 1.20 bits per heavy atom. The zero-order valence-electron chi connectivity index (χ0n) is 14.0. The Labute approximate surface area is 145 Å². The summed E-state index contributed by atoms with van der Waals surface area (Å²) in [5, 5.41) is 12.0. The molecule has 1 fully saturated rings. The Hall–Kier alpha value is -2.76. The predicted octanol–water partition coefficient (Wildman–Crippen LogP) is 3.00. The second kappa shape index (κ2) is 6.63. The van der Waals surface area contributed by atoms with E-state index in [0.29, 0.717) is 12.5 Å². The molecule has 0 bridgehead atoms. The van der Waals surface area contributed by atoms with E-state index in [1.54, 1.807) is 0 Å². The van der Waals surface area contributed by atoms with Gasteiger partial charge in [-0.3, -0.25) is 4.98 Å². The lowest BCUT2D eigenvalue weighted by Crippen LogP contribution is -2.34. The van der Waals surface area contributed by atoms with Crippen LogP contribution in [0.5, 0.6) is 5.88 Å². The van der Waals surface area contributed by atoms with Crippen molar-refractivity contribution >= 4 is 16.5 Å². The number of aromatic nitrogens is 2. The third-order valence-corrected chi connectivity index (χ3v) is 5.13. The maximum Gasteiger partial charge on any atom is 0.421 e. The molecule has 1 saturated heterocycles. The van der Waals surface area contributed by atoms with E-state index in [9.17, 15) is 9.90 Å². The summed E-state index contributed by atoms with van der Waals surface area (Å²) in [5.41, 5.74) is 1.19. The molecule has 6 nitrogen and oxygen atoms in total. The number of pyridine rings is 1. The molecule has 0 saturated carbocycles. The van der Waals surface area contributed by atoms with E-state index in [4.69, 9.17) is 4.42 Å². The third-order valence-electron chi connectivity index (χ3n) is 5.13. The first kappa shape index (κ1) is 15.7. The monoisotopic (exact) mass is 339 g/mol. The Balaban J connectivity index is 1.40. The van der Waals surface area contributed by atoms with Gasteiger partial charge in [0.2, 0.25) is 5.88 Å². The van der Waals surface area contributed by atoms with Crippen molar-refractivity contribution in [3.8, 4) is 5.88 Å². The van der Waals surface area contributed by atoms with Gasteiger partial charge < -0.3 is 14.4 Å². The number of aromatic hydroxyl groups is 1. The van der Waals surface area contributed by atoms with Gasteiger partial charge in [-0.15, -0.1) is 0 Å². The first-order valence-corrected chi connectivity index (χ1v) is 8.67. The normalized spacial score (nSPS) is 15.8. The van der Waals surface area contributed by atoms with E-state index >= 15 is 0 Å². The van der Waals surface area contributed by atoms with Crippen molar-refractivity contribution < 1.29 is 9.52 Å². The van der Waals surface area contributed by atoms with Gasteiger partial charge in [0.05, 0.1) is 11.9 Å². The minimum absolute atomic E-state index is 0.0933. The SMILES string of the molecule is O=c1occ(O)n1CCC1CCN(c2cncc3ccccc23)CC1. The number of benzene rings is 1. The number of anilines is 1. The van der Waals surface area contributed by atoms with Crippen LogP contribution in [0.4, 0.5) is 5.69 Å². The molecule has 1 aliphatic heterocycles. The summed E-state index contributed by atoms with van der Waals surface area (Å²) in [6.45, 7) is 2.46. The highest BCUT2D eigenvalue weighted by Gasteiger charge is 2.21. The Morgan fingerprint density at radius 3 is 2.76 bits per heavy atom. The summed E-state index contributed by atoms with van der Waals surface area (Å²) < 4.78 is 5.99. The van der Waals surface area contributed by atoms with E-state index in [1.165, 1.54) is 15.6 Å². The third kappa shape index (κ3) is 3.12. The Morgan fingerprint density at radius 2 is 2.00 bits per heavy atom. The first-order valence-electron chi connectivity index (χ1n) is 8.67. The molecule has 0 atom stereocenters. The molecule has 2 aromatic heterocycles. The number of nitrogens with zero attached hydrogens (tertiary/aromatic N) is 3. The van der Waals surface area contributed by atoms with E-state index in [-0.39, 0.29) is 5.88 Å². The molecule has 0 spiro atoms. The van der Waals surface area contributed by atoms with Crippen molar-refractivity contribution in [3.05, 3.63) is 53.5 Å². The summed E-state index contributed by atoms with van der Waals surface area (Å²) in [4.78, 5) is 18.3. The molecule has 0 amide bonds. The van der Waals surface area contributed by atoms with Crippen LogP contribution in [-0.4, -0.2) is 27.7 Å². The fourth-order valence-electron chi connectivity index (χ4n) is 3.66. The second-order valence-electron chi connectivity index (χ2n) is 6.61. The smallest absolute Gasteiger partial charge is 0.421 e. The van der Waals surface area contributed by atoms with Crippen molar-refractivity contribution in [3.63, 3.8) is 0 Å². The summed E-state index contributed by atoms with van der Waals surface area (Å²) in [5.74, 6) is -0.0404. The molecule has 3 heterocycles. The largest absolute Gasteiger partial charge is 0.492 e. The predicted molar refractivity (Wildman–Crippen MR) is 95.9 cm³/mol. The molecule has 3 aromatic rings. The van der Waals surface area contributed by atoms with Crippen molar-refractivity contribution in [2.24, 2.45) is 5.92 Å². The molecular weight excluding hydrogens is 318 g/mol. The molecule has 1 N–H and O–H groups in total. The Bertz CT molecular complexity index is 918. The van der Waals surface area contributed by atoms with Crippen LogP contribution in [0.2, 0.25) is 0 Å². The average Bonchev–Trinajstić information content (AvgIpc) is 2.98. The molecule has 25 heavy (non-hydrogen) atoms. The second-order valence-corrected chi connectivity index (χ2v) is 6.61. The summed E-state index contributed by atoms with van der Waals surface area (Å²) in [6, 6.07) is 8.33. The molecular formula is C19H21N3O3. The lowest BCUT2D eigenvalue weighted by molar-refractivity contribution is 0.338. The van der Waals surface area contributed by atoms with E-state index < -0.39 is 5.76 Å². The molecule has 4 rings (SSSR count). The topological polar surface area (TPSA) is 71.5 Å². The maximum absolute atomic E-state index is 11.5. The van der Waals surface area contributed by atoms with Gasteiger partial charge in [-0.25, -0.2) is 9.36 Å². The van der Waals surface area contributed by atoms with E-state index in [0.717, 1.165) is 44.0 Å². The summed E-state index contributed by atoms with van der Waals surface area (Å²) >= 11 is 0. The van der Waals surface area contributed by atoms with Crippen molar-refractivity contribution in [1.82, 2.24) is 9.55 Å². The van der Waals surface area contributed by atoms with Gasteiger partial charge in [0, 0.05) is 36.6 Å². The van der Waals surface area contributed by atoms with Gasteiger partial charge >= 0.3 is 5.76 Å². The highest BCUT2D eigenvalue weighted by molar-refractivity contribution is 5.93. The highest BCUT2D eigenvalue weighted by Crippen LogP contribution is 2.30. The standard InChI is InChI=1S/C19H21N3O3/c23-18-13-25-19(24)22(18)10-7-14-5-8-21(9-6-14)17-12-20-11-15-3-1-2-4-16(15)17/h1-4,11-14,23H,5-10H2. The molecule has 0 radical (unpaired) electrons. The molecule has 6 heteroatoms. The molecule has 0 unspecified atom stereocenters.